The molecule has 7 N–H and O–H groups in total. The molecule has 2 heterocycles. The van der Waals surface area contributed by atoms with E-state index in [2.05, 4.69) is 12.2 Å². The van der Waals surface area contributed by atoms with E-state index in [1.165, 1.54) is 96.3 Å². The number of hydrogen-bond donors (Lipinski definition) is 7. The molecule has 0 aromatic heterocycles. The van der Waals surface area contributed by atoms with Crippen molar-refractivity contribution in [3.8, 4) is 0 Å². The fraction of sp³-hybridized carbons (Fsp3) is 0.975. The molecule has 0 aromatic rings. The Labute approximate surface area is 309 Å². The van der Waals surface area contributed by atoms with E-state index < -0.39 is 55.6 Å². The number of hydrogen-bond acceptors (Lipinski definition) is 10. The Kier molecular flexibility index (Phi) is 26.7. The maximum Gasteiger partial charge on any atom is 0.220 e. The molecule has 2 saturated heterocycles. The summed E-state index contributed by atoms with van der Waals surface area (Å²) in [5, 5.41) is 65.0. The van der Waals surface area contributed by atoms with Gasteiger partial charge in [-0.25, -0.2) is 0 Å². The highest BCUT2D eigenvalue weighted by Gasteiger charge is 2.44. The Morgan fingerprint density at radius 2 is 1.25 bits per heavy atom. The van der Waals surface area contributed by atoms with Crippen molar-refractivity contribution in [2.45, 2.75) is 216 Å². The first-order valence-corrected chi connectivity index (χ1v) is 20.9. The van der Waals surface area contributed by atoms with Crippen molar-refractivity contribution in [1.82, 2.24) is 5.32 Å². The van der Waals surface area contributed by atoms with Crippen LogP contribution < -0.4 is 5.32 Å². The van der Waals surface area contributed by atoms with Crippen molar-refractivity contribution in [2.24, 2.45) is 5.92 Å². The van der Waals surface area contributed by atoms with Crippen LogP contribution in [-0.2, 0) is 19.0 Å². The Hall–Kier alpha value is -0.890. The average Bonchev–Trinajstić information content (AvgIpc) is 3.14. The maximum atomic E-state index is 12.9. The smallest absolute Gasteiger partial charge is 0.220 e. The lowest BCUT2D eigenvalue weighted by atomic mass is 9.93. The van der Waals surface area contributed by atoms with E-state index >= 15 is 0 Å². The molecule has 51 heavy (non-hydrogen) atoms. The molecule has 2 fully saturated rings. The first-order chi connectivity index (χ1) is 24.8. The van der Waals surface area contributed by atoms with E-state index in [0.29, 0.717) is 12.8 Å². The van der Waals surface area contributed by atoms with Gasteiger partial charge in [-0.1, -0.05) is 135 Å². The van der Waals surface area contributed by atoms with Crippen molar-refractivity contribution >= 4 is 5.91 Å². The summed E-state index contributed by atoms with van der Waals surface area (Å²) in [4.78, 5) is 12.9. The van der Waals surface area contributed by atoms with Crippen molar-refractivity contribution in [1.29, 1.82) is 0 Å². The second kappa shape index (κ2) is 29.5. The van der Waals surface area contributed by atoms with Crippen molar-refractivity contribution in [3.63, 3.8) is 0 Å². The van der Waals surface area contributed by atoms with Crippen LogP contribution in [0.1, 0.15) is 167 Å². The molecule has 0 aromatic carbocycles. The van der Waals surface area contributed by atoms with E-state index in [-0.39, 0.29) is 18.9 Å². The summed E-state index contributed by atoms with van der Waals surface area (Å²) in [6, 6.07) is -0.988. The van der Waals surface area contributed by atoms with Gasteiger partial charge < -0.3 is 50.2 Å². The number of rotatable bonds is 31. The van der Waals surface area contributed by atoms with Crippen LogP contribution in [0.3, 0.4) is 0 Å². The van der Waals surface area contributed by atoms with E-state index in [4.69, 9.17) is 14.2 Å². The topological polar surface area (TPSA) is 178 Å². The summed E-state index contributed by atoms with van der Waals surface area (Å²) in [6.45, 7) is 3.17. The Balaban J connectivity index is 1.70. The summed E-state index contributed by atoms with van der Waals surface area (Å²) in [7, 11) is 0. The lowest BCUT2D eigenvalue weighted by molar-refractivity contribution is -0.303. The third-order valence-electron chi connectivity index (χ3n) is 10.9. The maximum absolute atomic E-state index is 12.9. The zero-order valence-corrected chi connectivity index (χ0v) is 32.0. The molecule has 2 rings (SSSR count). The van der Waals surface area contributed by atoms with Crippen LogP contribution in [0.25, 0.3) is 0 Å². The van der Waals surface area contributed by atoms with Gasteiger partial charge in [-0.15, -0.1) is 0 Å². The van der Waals surface area contributed by atoms with Gasteiger partial charge in [-0.3, -0.25) is 4.79 Å². The van der Waals surface area contributed by atoms with Gasteiger partial charge in [0, 0.05) is 19.6 Å². The first kappa shape index (κ1) is 46.3. The molecule has 302 valence electrons. The summed E-state index contributed by atoms with van der Waals surface area (Å²) in [5.74, 6) is 0.578. The highest BCUT2D eigenvalue weighted by molar-refractivity contribution is 5.76. The lowest BCUT2D eigenvalue weighted by Crippen LogP contribution is -2.60. The monoisotopic (exact) mass is 732 g/mol. The Bertz CT molecular complexity index is 829. The van der Waals surface area contributed by atoms with Crippen LogP contribution in [0.4, 0.5) is 0 Å². The molecule has 1 amide bonds. The Morgan fingerprint density at radius 3 is 1.82 bits per heavy atom. The second-order valence-corrected chi connectivity index (χ2v) is 15.4. The van der Waals surface area contributed by atoms with Gasteiger partial charge in [0.05, 0.1) is 25.4 Å². The van der Waals surface area contributed by atoms with E-state index in [0.717, 1.165) is 64.1 Å². The fourth-order valence-corrected chi connectivity index (χ4v) is 7.36. The molecule has 11 heteroatoms. The zero-order valence-electron chi connectivity index (χ0n) is 32.0. The predicted molar refractivity (Wildman–Crippen MR) is 199 cm³/mol. The minimum Gasteiger partial charge on any atom is -0.394 e. The molecule has 0 radical (unpaired) electrons. The molecule has 8 atom stereocenters. The quantitative estimate of drug-likeness (QED) is 0.0455. The highest BCUT2D eigenvalue weighted by Crippen LogP contribution is 2.24. The fourth-order valence-electron chi connectivity index (χ4n) is 7.36. The van der Waals surface area contributed by atoms with Gasteiger partial charge in [0.25, 0.3) is 0 Å². The minimum absolute atomic E-state index is 0.262. The summed E-state index contributed by atoms with van der Waals surface area (Å²) >= 11 is 0. The molecule has 0 aliphatic carbocycles. The van der Waals surface area contributed by atoms with Crippen molar-refractivity contribution < 1.29 is 49.6 Å². The number of nitrogens with one attached hydrogen (secondary N) is 1. The van der Waals surface area contributed by atoms with Crippen LogP contribution in [-0.4, -0.2) is 112 Å². The number of ether oxygens (including phenoxy) is 3. The van der Waals surface area contributed by atoms with Crippen LogP contribution in [0.15, 0.2) is 0 Å². The number of aliphatic hydroxyl groups is 6. The van der Waals surface area contributed by atoms with E-state index in [1.807, 2.05) is 0 Å². The molecule has 0 unspecified atom stereocenters. The van der Waals surface area contributed by atoms with Gasteiger partial charge in [0.15, 0.2) is 6.29 Å². The summed E-state index contributed by atoms with van der Waals surface area (Å²) < 4.78 is 16.6. The predicted octanol–water partition coefficient (Wildman–Crippen LogP) is 5.43. The molecule has 11 nitrogen and oxygen atoms in total. The third kappa shape index (κ3) is 20.4. The average molecular weight is 732 g/mol. The van der Waals surface area contributed by atoms with Gasteiger partial charge >= 0.3 is 0 Å². The van der Waals surface area contributed by atoms with E-state index in [9.17, 15) is 35.4 Å². The minimum atomic E-state index is -1.60. The third-order valence-corrected chi connectivity index (χ3v) is 10.9. The van der Waals surface area contributed by atoms with E-state index in [1.54, 1.807) is 0 Å². The van der Waals surface area contributed by atoms with Crippen molar-refractivity contribution in [2.75, 3.05) is 26.4 Å². The number of aliphatic hydroxyl groups excluding tert-OH is 6. The van der Waals surface area contributed by atoms with Gasteiger partial charge in [0.1, 0.15) is 30.5 Å². The number of unbranched alkanes of at least 4 members (excludes halogenated alkanes) is 18. The van der Waals surface area contributed by atoms with Gasteiger partial charge in [0.2, 0.25) is 5.91 Å². The molecular formula is C40H77NO10. The number of amides is 1. The Morgan fingerprint density at radius 1 is 0.725 bits per heavy atom. The number of carbonyl (C=O) groups excluding carboxylic acids is 1. The molecule has 2 aliphatic rings. The lowest BCUT2D eigenvalue weighted by Gasteiger charge is -2.40. The van der Waals surface area contributed by atoms with Crippen LogP contribution in [0, 0.1) is 5.92 Å². The SMILES string of the molecule is CCCCCCCCCCCCCC[C@@H](O)[C@@H](O)[C@H](CO[C@H]1O[C@H](CO)[C@H](O)[C@H](O)[C@H]1O)NC(=O)CCCCCCCCCCC1CCOCC1. The van der Waals surface area contributed by atoms with Gasteiger partial charge in [-0.05, 0) is 31.6 Å². The molecule has 2 aliphatic heterocycles. The molecule has 0 bridgehead atoms. The van der Waals surface area contributed by atoms with Crippen LogP contribution in [0.2, 0.25) is 0 Å². The first-order valence-electron chi connectivity index (χ1n) is 20.9. The highest BCUT2D eigenvalue weighted by atomic mass is 16.7. The summed E-state index contributed by atoms with van der Waals surface area (Å²) in [5.41, 5.74) is 0. The largest absolute Gasteiger partial charge is 0.394 e. The zero-order chi connectivity index (χ0) is 37.1. The normalized spacial score (nSPS) is 24.7. The van der Waals surface area contributed by atoms with Gasteiger partial charge in [-0.2, -0.15) is 0 Å². The second-order valence-electron chi connectivity index (χ2n) is 15.4. The van der Waals surface area contributed by atoms with Crippen molar-refractivity contribution in [3.05, 3.63) is 0 Å². The molecule has 0 saturated carbocycles. The van der Waals surface area contributed by atoms with Crippen LogP contribution in [0.5, 0.6) is 0 Å². The van der Waals surface area contributed by atoms with Crippen LogP contribution >= 0.6 is 0 Å². The molecular weight excluding hydrogens is 654 g/mol. The number of carbonyl (C=O) groups is 1. The summed E-state index contributed by atoms with van der Waals surface area (Å²) in [6.07, 6.45) is 17.9. The molecule has 0 spiro atoms. The standard InChI is InChI=1S/C40H77NO10/c1-2-3-4-5-6-7-8-9-10-14-17-20-23-33(43)36(45)32(30-50-40-39(48)38(47)37(46)34(29-42)51-40)41-35(44)24-21-18-15-12-11-13-16-19-22-31-25-27-49-28-26-31/h31-34,36-40,42-43,45-48H,2-30H2,1H3,(H,41,44)/t32-,33+,34+,36-,37-,38-,39+,40-/m0/s1.